The van der Waals surface area contributed by atoms with E-state index in [0.29, 0.717) is 18.8 Å². The van der Waals surface area contributed by atoms with Crippen molar-refractivity contribution >= 4 is 11.9 Å². The van der Waals surface area contributed by atoms with Crippen LogP contribution in [0, 0.1) is 5.92 Å². The van der Waals surface area contributed by atoms with Gasteiger partial charge in [0.25, 0.3) is 5.91 Å². The number of pyridine rings is 1. The number of amides is 1. The molecule has 0 bridgehead atoms. The van der Waals surface area contributed by atoms with Crippen LogP contribution >= 0.6 is 0 Å². The molecule has 1 unspecified atom stereocenters. The number of carboxylic acid groups (broad SMARTS) is 1. The van der Waals surface area contributed by atoms with Crippen LogP contribution < -0.4 is 4.74 Å². The zero-order valence-electron chi connectivity index (χ0n) is 11.6. The monoisotopic (exact) mass is 278 g/mol. The van der Waals surface area contributed by atoms with E-state index < -0.39 is 11.9 Å². The third kappa shape index (κ3) is 3.26. The Balaban J connectivity index is 2.08. The molecular weight excluding hydrogens is 260 g/mol. The summed E-state index contributed by atoms with van der Waals surface area (Å²) in [7, 11) is 0. The van der Waals surface area contributed by atoms with Crippen molar-refractivity contribution in [1.29, 1.82) is 0 Å². The Labute approximate surface area is 117 Å². The van der Waals surface area contributed by atoms with Crippen molar-refractivity contribution in [2.45, 2.75) is 26.4 Å². The van der Waals surface area contributed by atoms with E-state index in [1.54, 1.807) is 18.2 Å². The quantitative estimate of drug-likeness (QED) is 0.901. The highest BCUT2D eigenvalue weighted by Gasteiger charge is 2.31. The van der Waals surface area contributed by atoms with Crippen molar-refractivity contribution in [2.24, 2.45) is 5.92 Å². The molecule has 6 heteroatoms. The highest BCUT2D eigenvalue weighted by molar-refractivity contribution is 5.93. The van der Waals surface area contributed by atoms with Crippen LogP contribution in [-0.4, -0.2) is 46.1 Å². The molecule has 1 fully saturated rings. The number of likely N-dealkylation sites (tertiary alicyclic amines) is 1. The lowest BCUT2D eigenvalue weighted by molar-refractivity contribution is -0.141. The second-order valence-electron chi connectivity index (χ2n) is 5.10. The number of nitrogens with zero attached hydrogens (tertiary/aromatic N) is 2. The van der Waals surface area contributed by atoms with Gasteiger partial charge in [-0.2, -0.15) is 0 Å². The highest BCUT2D eigenvalue weighted by atomic mass is 16.5. The van der Waals surface area contributed by atoms with Crippen LogP contribution in [0.5, 0.6) is 5.88 Å². The van der Waals surface area contributed by atoms with Gasteiger partial charge in [0, 0.05) is 19.2 Å². The van der Waals surface area contributed by atoms with E-state index in [1.165, 1.54) is 4.90 Å². The highest BCUT2D eigenvalue weighted by Crippen LogP contribution is 2.19. The summed E-state index contributed by atoms with van der Waals surface area (Å²) < 4.78 is 5.45. The van der Waals surface area contributed by atoms with Crippen LogP contribution in [0.15, 0.2) is 18.2 Å². The molecule has 1 saturated heterocycles. The van der Waals surface area contributed by atoms with Gasteiger partial charge < -0.3 is 14.7 Å². The molecule has 6 nitrogen and oxygen atoms in total. The van der Waals surface area contributed by atoms with Crippen LogP contribution in [0.2, 0.25) is 0 Å². The number of hydrogen-bond acceptors (Lipinski definition) is 4. The predicted octanol–water partition coefficient (Wildman–Crippen LogP) is 1.42. The molecule has 0 saturated carbocycles. The van der Waals surface area contributed by atoms with Gasteiger partial charge >= 0.3 is 5.97 Å². The van der Waals surface area contributed by atoms with Crippen LogP contribution in [-0.2, 0) is 4.79 Å². The van der Waals surface area contributed by atoms with Crippen molar-refractivity contribution in [3.63, 3.8) is 0 Å². The summed E-state index contributed by atoms with van der Waals surface area (Å²) in [4.78, 5) is 28.9. The average molecular weight is 278 g/mol. The Hall–Kier alpha value is -2.11. The standard InChI is InChI=1S/C14H18N2O4/c1-9(2)20-12-5-3-4-11(15-12)13(17)16-7-6-10(8-16)14(18)19/h3-5,9-10H,6-8H2,1-2H3,(H,18,19). The van der Waals surface area contributed by atoms with Crippen molar-refractivity contribution in [3.8, 4) is 5.88 Å². The fourth-order valence-electron chi connectivity index (χ4n) is 2.15. The number of hydrogen-bond donors (Lipinski definition) is 1. The van der Waals surface area contributed by atoms with E-state index in [-0.39, 0.29) is 24.2 Å². The van der Waals surface area contributed by atoms with E-state index >= 15 is 0 Å². The van der Waals surface area contributed by atoms with Crippen molar-refractivity contribution < 1.29 is 19.4 Å². The molecule has 1 aliphatic heterocycles. The third-order valence-corrected chi connectivity index (χ3v) is 3.12. The molecule has 20 heavy (non-hydrogen) atoms. The molecule has 1 atom stereocenters. The molecule has 1 amide bonds. The van der Waals surface area contributed by atoms with E-state index in [4.69, 9.17) is 9.84 Å². The molecule has 1 aliphatic rings. The fraction of sp³-hybridized carbons (Fsp3) is 0.500. The number of carbonyl (C=O) groups excluding carboxylic acids is 1. The third-order valence-electron chi connectivity index (χ3n) is 3.12. The summed E-state index contributed by atoms with van der Waals surface area (Å²) in [6.07, 6.45) is 0.472. The summed E-state index contributed by atoms with van der Waals surface area (Å²) in [5.74, 6) is -1.18. The largest absolute Gasteiger partial charge is 0.481 e. The topological polar surface area (TPSA) is 79.7 Å². The molecular formula is C14H18N2O4. The van der Waals surface area contributed by atoms with Gasteiger partial charge in [0.1, 0.15) is 5.69 Å². The molecule has 108 valence electrons. The molecule has 2 heterocycles. The van der Waals surface area contributed by atoms with E-state index in [1.807, 2.05) is 13.8 Å². The smallest absolute Gasteiger partial charge is 0.308 e. The Morgan fingerprint density at radius 1 is 1.45 bits per heavy atom. The first-order valence-electron chi connectivity index (χ1n) is 6.63. The minimum absolute atomic E-state index is 0.0176. The van der Waals surface area contributed by atoms with Gasteiger partial charge in [0.15, 0.2) is 0 Å². The minimum Gasteiger partial charge on any atom is -0.481 e. The molecule has 1 aromatic rings. The van der Waals surface area contributed by atoms with Gasteiger partial charge in [-0.25, -0.2) is 4.98 Å². The maximum atomic E-state index is 12.3. The van der Waals surface area contributed by atoms with Crippen molar-refractivity contribution in [3.05, 3.63) is 23.9 Å². The number of aliphatic carboxylic acids is 1. The van der Waals surface area contributed by atoms with Gasteiger partial charge in [-0.05, 0) is 26.3 Å². The molecule has 0 spiro atoms. The van der Waals surface area contributed by atoms with E-state index in [0.717, 1.165) is 0 Å². The summed E-state index contributed by atoms with van der Waals surface area (Å²) in [5.41, 5.74) is 0.286. The molecule has 0 aromatic carbocycles. The van der Waals surface area contributed by atoms with Gasteiger partial charge in [-0.1, -0.05) is 6.07 Å². The van der Waals surface area contributed by atoms with Gasteiger partial charge in [-0.15, -0.1) is 0 Å². The molecule has 0 aliphatic carbocycles. The maximum absolute atomic E-state index is 12.3. The maximum Gasteiger partial charge on any atom is 0.308 e. The summed E-state index contributed by atoms with van der Waals surface area (Å²) >= 11 is 0. The van der Waals surface area contributed by atoms with Crippen LogP contribution in [0.1, 0.15) is 30.8 Å². The van der Waals surface area contributed by atoms with E-state index in [2.05, 4.69) is 4.98 Å². The second-order valence-corrected chi connectivity index (χ2v) is 5.10. The minimum atomic E-state index is -0.856. The first kappa shape index (κ1) is 14.3. The zero-order valence-corrected chi connectivity index (χ0v) is 11.6. The number of rotatable bonds is 4. The normalized spacial score (nSPS) is 18.4. The predicted molar refractivity (Wildman–Crippen MR) is 71.6 cm³/mol. The van der Waals surface area contributed by atoms with Crippen LogP contribution in [0.3, 0.4) is 0 Å². The number of aromatic nitrogens is 1. The Morgan fingerprint density at radius 2 is 2.20 bits per heavy atom. The fourth-order valence-corrected chi connectivity index (χ4v) is 2.15. The number of carbonyl (C=O) groups is 2. The number of carboxylic acids is 1. The first-order valence-corrected chi connectivity index (χ1v) is 6.63. The van der Waals surface area contributed by atoms with Crippen molar-refractivity contribution in [2.75, 3.05) is 13.1 Å². The lowest BCUT2D eigenvalue weighted by atomic mass is 10.1. The van der Waals surface area contributed by atoms with Crippen molar-refractivity contribution in [1.82, 2.24) is 9.88 Å². The summed E-state index contributed by atoms with van der Waals surface area (Å²) in [5, 5.41) is 8.95. The Kier molecular flexibility index (Phi) is 4.22. The SMILES string of the molecule is CC(C)Oc1cccc(C(=O)N2CCC(C(=O)O)C2)n1. The molecule has 1 N–H and O–H groups in total. The molecule has 1 aromatic heterocycles. The van der Waals surface area contributed by atoms with Gasteiger partial charge in [0.05, 0.1) is 12.0 Å². The second kappa shape index (κ2) is 5.90. The summed E-state index contributed by atoms with van der Waals surface area (Å²) in [6.45, 7) is 4.46. The van der Waals surface area contributed by atoms with Gasteiger partial charge in [0.2, 0.25) is 5.88 Å². The number of ether oxygens (including phenoxy) is 1. The van der Waals surface area contributed by atoms with Gasteiger partial charge in [-0.3, -0.25) is 9.59 Å². The molecule has 2 rings (SSSR count). The Bertz CT molecular complexity index is 516. The first-order chi connectivity index (χ1) is 9.47. The zero-order chi connectivity index (χ0) is 14.7. The summed E-state index contributed by atoms with van der Waals surface area (Å²) in [6, 6.07) is 5.02. The Morgan fingerprint density at radius 3 is 2.80 bits per heavy atom. The lowest BCUT2D eigenvalue weighted by Gasteiger charge is -2.16. The van der Waals surface area contributed by atoms with Crippen LogP contribution in [0.25, 0.3) is 0 Å². The van der Waals surface area contributed by atoms with E-state index in [9.17, 15) is 9.59 Å². The molecule has 0 radical (unpaired) electrons. The van der Waals surface area contributed by atoms with Crippen LogP contribution in [0.4, 0.5) is 0 Å². The lowest BCUT2D eigenvalue weighted by Crippen LogP contribution is -2.30. The average Bonchev–Trinajstić information content (AvgIpc) is 2.87.